The number of carbonyl (C=O) groups excluding carboxylic acids is 1. The van der Waals surface area contributed by atoms with Crippen molar-refractivity contribution in [1.29, 1.82) is 0 Å². The first kappa shape index (κ1) is 14.9. The van der Waals surface area contributed by atoms with E-state index in [0.29, 0.717) is 6.42 Å². The number of rotatable bonds is 2. The van der Waals surface area contributed by atoms with Crippen LogP contribution in [0.1, 0.15) is 19.8 Å². The van der Waals surface area contributed by atoms with E-state index in [1.54, 1.807) is 12.1 Å². The minimum Gasteiger partial charge on any atom is -0.297 e. The van der Waals surface area contributed by atoms with Crippen LogP contribution in [-0.4, -0.2) is 40.0 Å². The van der Waals surface area contributed by atoms with Gasteiger partial charge in [0, 0.05) is 12.2 Å². The van der Waals surface area contributed by atoms with Crippen LogP contribution in [0.15, 0.2) is 29.4 Å². The third kappa shape index (κ3) is 3.14. The normalized spacial score (nSPS) is 26.1. The molecule has 1 aliphatic heterocycles. The van der Waals surface area contributed by atoms with Crippen LogP contribution >= 0.6 is 22.6 Å². The van der Waals surface area contributed by atoms with Gasteiger partial charge in [-0.15, -0.1) is 0 Å². The number of hydrogen-bond acceptors (Lipinski definition) is 4. The molecule has 5 nitrogen and oxygen atoms in total. The summed E-state index contributed by atoms with van der Waals surface area (Å²) in [5.41, 5.74) is 0. The number of pyridine rings is 1. The van der Waals surface area contributed by atoms with Crippen molar-refractivity contribution in [3.63, 3.8) is 0 Å². The van der Waals surface area contributed by atoms with Crippen molar-refractivity contribution in [2.24, 2.45) is 0 Å². The SMILES string of the molecule is C[C@@H]1CCC(I)C(=O)CN1S(=O)(=O)c1ccccn1. The van der Waals surface area contributed by atoms with Gasteiger partial charge >= 0.3 is 0 Å². The molecule has 1 aromatic heterocycles. The second-order valence-electron chi connectivity index (χ2n) is 4.58. The number of ketones is 1. The van der Waals surface area contributed by atoms with Crippen LogP contribution in [0.4, 0.5) is 0 Å². The number of Topliss-reactive ketones (excluding diaryl/α,β-unsaturated/α-hetero) is 1. The number of sulfonamides is 1. The zero-order chi connectivity index (χ0) is 14.0. The smallest absolute Gasteiger partial charge is 0.261 e. The minimum atomic E-state index is -3.69. The Kier molecular flexibility index (Phi) is 4.57. The highest BCUT2D eigenvalue weighted by Gasteiger charge is 2.35. The van der Waals surface area contributed by atoms with Crippen LogP contribution in [0.2, 0.25) is 0 Å². The molecule has 0 aromatic carbocycles. The van der Waals surface area contributed by atoms with Gasteiger partial charge in [0.15, 0.2) is 10.8 Å². The highest BCUT2D eigenvalue weighted by molar-refractivity contribution is 14.1. The van der Waals surface area contributed by atoms with Crippen LogP contribution in [0.5, 0.6) is 0 Å². The highest BCUT2D eigenvalue weighted by atomic mass is 127. The molecular formula is C12H15IN2O3S. The molecule has 1 aromatic rings. The molecule has 0 spiro atoms. The van der Waals surface area contributed by atoms with E-state index in [4.69, 9.17) is 0 Å². The predicted molar refractivity (Wildman–Crippen MR) is 79.6 cm³/mol. The van der Waals surface area contributed by atoms with Crippen molar-refractivity contribution < 1.29 is 13.2 Å². The average Bonchev–Trinajstić information content (AvgIpc) is 2.53. The predicted octanol–water partition coefficient (Wildman–Crippen LogP) is 1.63. The lowest BCUT2D eigenvalue weighted by molar-refractivity contribution is -0.118. The number of carbonyl (C=O) groups is 1. The summed E-state index contributed by atoms with van der Waals surface area (Å²) in [4.78, 5) is 15.8. The number of alkyl halides is 1. The third-order valence-electron chi connectivity index (χ3n) is 3.20. The van der Waals surface area contributed by atoms with E-state index in [1.807, 2.05) is 6.92 Å². The molecule has 1 saturated heterocycles. The summed E-state index contributed by atoms with van der Waals surface area (Å²) in [5, 5.41) is 0.00144. The lowest BCUT2D eigenvalue weighted by atomic mass is 10.1. The van der Waals surface area contributed by atoms with Crippen molar-refractivity contribution in [3.8, 4) is 0 Å². The van der Waals surface area contributed by atoms with Crippen molar-refractivity contribution in [2.75, 3.05) is 6.54 Å². The topological polar surface area (TPSA) is 67.3 Å². The molecule has 1 fully saturated rings. The maximum atomic E-state index is 12.5. The fraction of sp³-hybridized carbons (Fsp3) is 0.500. The largest absolute Gasteiger partial charge is 0.297 e. The summed E-state index contributed by atoms with van der Waals surface area (Å²) >= 11 is 2.08. The summed E-state index contributed by atoms with van der Waals surface area (Å²) in [7, 11) is -3.69. The van der Waals surface area contributed by atoms with E-state index in [0.717, 1.165) is 6.42 Å². The van der Waals surface area contributed by atoms with Gasteiger partial charge in [-0.25, -0.2) is 13.4 Å². The lowest BCUT2D eigenvalue weighted by Gasteiger charge is -2.24. The Hall–Kier alpha value is -0.540. The van der Waals surface area contributed by atoms with E-state index in [9.17, 15) is 13.2 Å². The lowest BCUT2D eigenvalue weighted by Crippen LogP contribution is -2.41. The standard InChI is InChI=1S/C12H15IN2O3S/c1-9-5-6-10(13)11(16)8-15(9)19(17,18)12-4-2-3-7-14-12/h2-4,7,9-10H,5-6,8H2,1H3/t9-,10?/m1/s1. The Morgan fingerprint density at radius 1 is 1.37 bits per heavy atom. The fourth-order valence-corrected chi connectivity index (χ4v) is 4.16. The van der Waals surface area contributed by atoms with Gasteiger partial charge in [0.1, 0.15) is 0 Å². The molecule has 2 rings (SSSR count). The van der Waals surface area contributed by atoms with E-state index in [1.165, 1.54) is 16.6 Å². The first-order valence-corrected chi connectivity index (χ1v) is 8.71. The van der Waals surface area contributed by atoms with Crippen LogP contribution in [-0.2, 0) is 14.8 Å². The monoisotopic (exact) mass is 394 g/mol. The van der Waals surface area contributed by atoms with Gasteiger partial charge in [0.05, 0.1) is 10.5 Å². The summed E-state index contributed by atoms with van der Waals surface area (Å²) in [6.45, 7) is 1.77. The van der Waals surface area contributed by atoms with Crippen LogP contribution < -0.4 is 0 Å². The number of halogens is 1. The molecule has 2 heterocycles. The second-order valence-corrected chi connectivity index (χ2v) is 7.92. The molecule has 19 heavy (non-hydrogen) atoms. The first-order chi connectivity index (χ1) is 8.93. The van der Waals surface area contributed by atoms with Crippen molar-refractivity contribution >= 4 is 38.4 Å². The van der Waals surface area contributed by atoms with Gasteiger partial charge in [-0.2, -0.15) is 4.31 Å². The van der Waals surface area contributed by atoms with Crippen LogP contribution in [0.25, 0.3) is 0 Å². The number of hydrogen-bond donors (Lipinski definition) is 0. The maximum absolute atomic E-state index is 12.5. The quantitative estimate of drug-likeness (QED) is 0.565. The van der Waals surface area contributed by atoms with Crippen LogP contribution in [0.3, 0.4) is 0 Å². The summed E-state index contributed by atoms with van der Waals surface area (Å²) in [6.07, 6.45) is 2.85. The number of nitrogens with zero attached hydrogens (tertiary/aromatic N) is 2. The Morgan fingerprint density at radius 3 is 2.74 bits per heavy atom. The fourth-order valence-electron chi connectivity index (χ4n) is 2.04. The molecule has 0 aliphatic carbocycles. The third-order valence-corrected chi connectivity index (χ3v) is 6.40. The van der Waals surface area contributed by atoms with E-state index in [-0.39, 0.29) is 27.3 Å². The molecule has 1 aliphatic rings. The summed E-state index contributed by atoms with van der Waals surface area (Å²) in [5.74, 6) is -0.0375. The highest BCUT2D eigenvalue weighted by Crippen LogP contribution is 2.25. The molecule has 1 unspecified atom stereocenters. The Balaban J connectivity index is 2.36. The molecule has 0 amide bonds. The zero-order valence-corrected chi connectivity index (χ0v) is 13.5. The molecule has 7 heteroatoms. The van der Waals surface area contributed by atoms with Gasteiger partial charge in [0.2, 0.25) is 0 Å². The zero-order valence-electron chi connectivity index (χ0n) is 10.5. The second kappa shape index (κ2) is 5.84. The molecule has 0 bridgehead atoms. The molecule has 0 saturated carbocycles. The van der Waals surface area contributed by atoms with Gasteiger partial charge < -0.3 is 0 Å². The van der Waals surface area contributed by atoms with Gasteiger partial charge in [-0.1, -0.05) is 28.7 Å². The average molecular weight is 394 g/mol. The van der Waals surface area contributed by atoms with Crippen LogP contribution in [0, 0.1) is 0 Å². The molecule has 0 radical (unpaired) electrons. The molecule has 104 valence electrons. The summed E-state index contributed by atoms with van der Waals surface area (Å²) < 4.78 is 26.2. The van der Waals surface area contributed by atoms with Crippen molar-refractivity contribution in [3.05, 3.63) is 24.4 Å². The Labute approximate surface area is 126 Å². The van der Waals surface area contributed by atoms with Gasteiger partial charge in [0.25, 0.3) is 10.0 Å². The minimum absolute atomic E-state index is 0.00144. The summed E-state index contributed by atoms with van der Waals surface area (Å²) in [6, 6.07) is 4.57. The van der Waals surface area contributed by atoms with Crippen molar-refractivity contribution in [1.82, 2.24) is 9.29 Å². The molecule has 2 atom stereocenters. The first-order valence-electron chi connectivity index (χ1n) is 6.02. The molecular weight excluding hydrogens is 379 g/mol. The Morgan fingerprint density at radius 2 is 2.11 bits per heavy atom. The number of aromatic nitrogens is 1. The molecule has 0 N–H and O–H groups in total. The van der Waals surface area contributed by atoms with Gasteiger partial charge in [-0.05, 0) is 31.9 Å². The van der Waals surface area contributed by atoms with E-state index >= 15 is 0 Å². The van der Waals surface area contributed by atoms with E-state index in [2.05, 4.69) is 27.6 Å². The van der Waals surface area contributed by atoms with Crippen molar-refractivity contribution in [2.45, 2.75) is 34.8 Å². The van der Waals surface area contributed by atoms with E-state index < -0.39 is 10.0 Å². The van der Waals surface area contributed by atoms with Gasteiger partial charge in [-0.3, -0.25) is 4.79 Å². The maximum Gasteiger partial charge on any atom is 0.261 e. The Bertz CT molecular complexity index is 562.